The van der Waals surface area contributed by atoms with Gasteiger partial charge in [-0.1, -0.05) is 27.8 Å². The third-order valence-corrected chi connectivity index (χ3v) is 2.01. The number of benzene rings is 1. The van der Waals surface area contributed by atoms with E-state index in [0.29, 0.717) is 0 Å². The highest BCUT2D eigenvalue weighted by atomic mass is 79.9. The Labute approximate surface area is 98.6 Å². The van der Waals surface area contributed by atoms with Crippen LogP contribution < -0.4 is 0 Å². The molecule has 0 bridgehead atoms. The minimum Gasteiger partial charge on any atom is -0.378 e. The summed E-state index contributed by atoms with van der Waals surface area (Å²) in [5.41, 5.74) is -0.0720. The lowest BCUT2D eigenvalue weighted by Crippen LogP contribution is -2.14. The smallest absolute Gasteiger partial charge is 0.120 e. The SMILES string of the molecule is CC(C)(O)C#CC#Cc1ccc(Br)cc1. The van der Waals surface area contributed by atoms with Crippen LogP contribution in [0.1, 0.15) is 19.4 Å². The fourth-order valence-electron chi connectivity index (χ4n) is 0.821. The van der Waals surface area contributed by atoms with Crippen molar-refractivity contribution in [3.8, 4) is 23.7 Å². The van der Waals surface area contributed by atoms with E-state index in [1.807, 2.05) is 24.3 Å². The minimum atomic E-state index is -0.978. The molecule has 0 saturated carbocycles. The molecule has 0 aromatic heterocycles. The minimum absolute atomic E-state index is 0.906. The summed E-state index contributed by atoms with van der Waals surface area (Å²) >= 11 is 3.34. The van der Waals surface area contributed by atoms with Crippen LogP contribution in [0.2, 0.25) is 0 Å². The van der Waals surface area contributed by atoms with Gasteiger partial charge in [0, 0.05) is 10.0 Å². The molecule has 0 spiro atoms. The molecule has 0 aliphatic rings. The van der Waals surface area contributed by atoms with Crippen molar-refractivity contribution >= 4 is 15.9 Å². The highest BCUT2D eigenvalue weighted by Gasteiger charge is 2.04. The van der Waals surface area contributed by atoms with Gasteiger partial charge in [-0.15, -0.1) is 0 Å². The molecule has 0 radical (unpaired) electrons. The molecule has 1 rings (SSSR count). The van der Waals surface area contributed by atoms with E-state index in [-0.39, 0.29) is 0 Å². The summed E-state index contributed by atoms with van der Waals surface area (Å²) in [6.45, 7) is 3.25. The van der Waals surface area contributed by atoms with Crippen LogP contribution in [0.3, 0.4) is 0 Å². The first-order chi connectivity index (χ1) is 6.97. The molecule has 0 saturated heterocycles. The Morgan fingerprint density at radius 2 is 1.73 bits per heavy atom. The molecule has 0 amide bonds. The quantitative estimate of drug-likeness (QED) is 0.713. The summed E-state index contributed by atoms with van der Waals surface area (Å²) < 4.78 is 1.02. The average Bonchev–Trinajstić information content (AvgIpc) is 2.14. The molecule has 1 N–H and O–H groups in total. The van der Waals surface area contributed by atoms with Crippen LogP contribution in [0.25, 0.3) is 0 Å². The molecular weight excluding hydrogens is 252 g/mol. The maximum atomic E-state index is 9.30. The van der Waals surface area contributed by atoms with Crippen LogP contribution in [-0.4, -0.2) is 10.7 Å². The third kappa shape index (κ3) is 5.27. The lowest BCUT2D eigenvalue weighted by molar-refractivity contribution is 0.143. The molecule has 1 aromatic carbocycles. The summed E-state index contributed by atoms with van der Waals surface area (Å²) in [5, 5.41) is 9.30. The van der Waals surface area contributed by atoms with E-state index in [0.717, 1.165) is 10.0 Å². The Hall–Kier alpha value is -1.22. The van der Waals surface area contributed by atoms with Crippen LogP contribution in [0.5, 0.6) is 0 Å². The second-order valence-electron chi connectivity index (χ2n) is 3.57. The van der Waals surface area contributed by atoms with Crippen LogP contribution in [0.4, 0.5) is 0 Å². The third-order valence-electron chi connectivity index (χ3n) is 1.48. The fraction of sp³-hybridized carbons (Fsp3) is 0.231. The Morgan fingerprint density at radius 1 is 1.13 bits per heavy atom. The van der Waals surface area contributed by atoms with Crippen LogP contribution in [-0.2, 0) is 0 Å². The average molecular weight is 263 g/mol. The van der Waals surface area contributed by atoms with Crippen LogP contribution in [0, 0.1) is 23.7 Å². The normalized spacial score (nSPS) is 9.60. The molecule has 0 heterocycles. The first kappa shape index (κ1) is 11.9. The van der Waals surface area contributed by atoms with E-state index >= 15 is 0 Å². The van der Waals surface area contributed by atoms with Gasteiger partial charge in [-0.3, -0.25) is 0 Å². The van der Waals surface area contributed by atoms with Gasteiger partial charge in [0.1, 0.15) is 5.60 Å². The van der Waals surface area contributed by atoms with Crippen molar-refractivity contribution in [3.05, 3.63) is 34.3 Å². The molecule has 0 unspecified atom stereocenters. The second-order valence-corrected chi connectivity index (χ2v) is 4.48. The van der Waals surface area contributed by atoms with Crippen molar-refractivity contribution < 1.29 is 5.11 Å². The highest BCUT2D eigenvalue weighted by Crippen LogP contribution is 2.09. The molecule has 15 heavy (non-hydrogen) atoms. The standard InChI is InChI=1S/C13H11BrO/c1-13(2,15)10-4-3-5-11-6-8-12(14)9-7-11/h6-9,15H,1-2H3. The molecule has 1 aromatic rings. The van der Waals surface area contributed by atoms with Gasteiger partial charge >= 0.3 is 0 Å². The number of hydrogen-bond donors (Lipinski definition) is 1. The molecule has 2 heteroatoms. The summed E-state index contributed by atoms with van der Waals surface area (Å²) in [6, 6.07) is 7.66. The van der Waals surface area contributed by atoms with Gasteiger partial charge < -0.3 is 5.11 Å². The Bertz CT molecular complexity index is 444. The van der Waals surface area contributed by atoms with Crippen molar-refractivity contribution in [2.45, 2.75) is 19.4 Å². The van der Waals surface area contributed by atoms with Gasteiger partial charge in [-0.2, -0.15) is 0 Å². The number of aliphatic hydroxyl groups is 1. The Morgan fingerprint density at radius 3 is 2.27 bits per heavy atom. The lowest BCUT2D eigenvalue weighted by Gasteiger charge is -2.04. The van der Waals surface area contributed by atoms with E-state index in [9.17, 15) is 5.11 Å². The zero-order valence-electron chi connectivity index (χ0n) is 8.63. The van der Waals surface area contributed by atoms with E-state index in [1.165, 1.54) is 0 Å². The van der Waals surface area contributed by atoms with E-state index in [4.69, 9.17) is 0 Å². The molecule has 0 atom stereocenters. The van der Waals surface area contributed by atoms with Gasteiger partial charge in [0.25, 0.3) is 0 Å². The predicted octanol–water partition coefficient (Wildman–Crippen LogP) is 2.57. The number of hydrogen-bond acceptors (Lipinski definition) is 1. The van der Waals surface area contributed by atoms with Gasteiger partial charge in [-0.25, -0.2) is 0 Å². The monoisotopic (exact) mass is 262 g/mol. The first-order valence-corrected chi connectivity index (χ1v) is 5.28. The van der Waals surface area contributed by atoms with E-state index < -0.39 is 5.60 Å². The summed E-state index contributed by atoms with van der Waals surface area (Å²) in [6.07, 6.45) is 0. The fourth-order valence-corrected chi connectivity index (χ4v) is 1.09. The number of halogens is 1. The molecule has 0 aliphatic heterocycles. The second kappa shape index (κ2) is 5.03. The lowest BCUT2D eigenvalue weighted by atomic mass is 10.1. The maximum absolute atomic E-state index is 9.30. The van der Waals surface area contributed by atoms with E-state index in [1.54, 1.807) is 13.8 Å². The summed E-state index contributed by atoms with van der Waals surface area (Å²) in [7, 11) is 0. The molecule has 76 valence electrons. The van der Waals surface area contributed by atoms with Gasteiger partial charge in [0.15, 0.2) is 0 Å². The summed E-state index contributed by atoms with van der Waals surface area (Å²) in [4.78, 5) is 0. The molecule has 0 aliphatic carbocycles. The van der Waals surface area contributed by atoms with Gasteiger partial charge in [0.05, 0.1) is 0 Å². The zero-order valence-corrected chi connectivity index (χ0v) is 10.2. The predicted molar refractivity (Wildman–Crippen MR) is 65.1 cm³/mol. The van der Waals surface area contributed by atoms with Crippen molar-refractivity contribution in [1.82, 2.24) is 0 Å². The maximum Gasteiger partial charge on any atom is 0.120 e. The van der Waals surface area contributed by atoms with Gasteiger partial charge in [-0.05, 0) is 50.0 Å². The van der Waals surface area contributed by atoms with Crippen molar-refractivity contribution in [2.24, 2.45) is 0 Å². The highest BCUT2D eigenvalue weighted by molar-refractivity contribution is 9.10. The summed E-state index contributed by atoms with van der Waals surface area (Å²) in [5.74, 6) is 10.8. The first-order valence-electron chi connectivity index (χ1n) is 4.48. The van der Waals surface area contributed by atoms with Crippen molar-refractivity contribution in [3.63, 3.8) is 0 Å². The largest absolute Gasteiger partial charge is 0.378 e. The van der Waals surface area contributed by atoms with E-state index in [2.05, 4.69) is 39.6 Å². The Kier molecular flexibility index (Phi) is 3.97. The number of rotatable bonds is 0. The molecule has 1 nitrogen and oxygen atoms in total. The van der Waals surface area contributed by atoms with Crippen LogP contribution in [0.15, 0.2) is 28.7 Å². The molecular formula is C13H11BrO. The van der Waals surface area contributed by atoms with Gasteiger partial charge in [0.2, 0.25) is 0 Å². The van der Waals surface area contributed by atoms with Crippen LogP contribution >= 0.6 is 15.9 Å². The topological polar surface area (TPSA) is 20.2 Å². The molecule has 0 fully saturated rings. The Balaban J connectivity index is 2.74. The van der Waals surface area contributed by atoms with Crippen molar-refractivity contribution in [1.29, 1.82) is 0 Å². The van der Waals surface area contributed by atoms with Crippen molar-refractivity contribution in [2.75, 3.05) is 0 Å². The zero-order chi connectivity index (χ0) is 11.3.